The molecule has 84 valence electrons. The van der Waals surface area contributed by atoms with E-state index in [-0.39, 0.29) is 0 Å². The van der Waals surface area contributed by atoms with Crippen molar-refractivity contribution in [3.8, 4) is 0 Å². The number of piperidine rings is 1. The lowest BCUT2D eigenvalue weighted by Gasteiger charge is -2.26. The summed E-state index contributed by atoms with van der Waals surface area (Å²) in [6.07, 6.45) is 3.76. The van der Waals surface area contributed by atoms with Gasteiger partial charge in [0.2, 0.25) is 5.13 Å². The van der Waals surface area contributed by atoms with Crippen molar-refractivity contribution in [2.75, 3.05) is 25.4 Å². The number of quaternary nitrogens is 1. The predicted octanol–water partition coefficient (Wildman–Crippen LogP) is -0.0224. The van der Waals surface area contributed by atoms with E-state index in [1.807, 2.05) is 0 Å². The number of hydrogen-bond donors (Lipinski definition) is 2. The predicted molar refractivity (Wildman–Crippen MR) is 62.0 cm³/mol. The van der Waals surface area contributed by atoms with Gasteiger partial charge in [-0.15, -0.1) is 10.2 Å². The summed E-state index contributed by atoms with van der Waals surface area (Å²) in [7, 11) is 0. The fourth-order valence-electron chi connectivity index (χ4n) is 2.07. The van der Waals surface area contributed by atoms with Crippen molar-refractivity contribution >= 4 is 16.5 Å². The zero-order valence-corrected chi connectivity index (χ0v) is 10.0. The summed E-state index contributed by atoms with van der Waals surface area (Å²) in [5.74, 6) is 0.922. The van der Waals surface area contributed by atoms with Gasteiger partial charge in [0.05, 0.1) is 26.1 Å². The summed E-state index contributed by atoms with van der Waals surface area (Å²) in [6.45, 7) is 6.16. The van der Waals surface area contributed by atoms with E-state index in [2.05, 4.69) is 17.1 Å². The van der Waals surface area contributed by atoms with Crippen LogP contribution in [0.15, 0.2) is 0 Å². The molecule has 0 spiro atoms. The summed E-state index contributed by atoms with van der Waals surface area (Å²) >= 11 is 1.52. The van der Waals surface area contributed by atoms with Crippen molar-refractivity contribution < 1.29 is 4.90 Å². The van der Waals surface area contributed by atoms with Crippen molar-refractivity contribution in [3.05, 3.63) is 5.01 Å². The lowest BCUT2D eigenvalue weighted by atomic mass is 9.99. The second kappa shape index (κ2) is 4.90. The van der Waals surface area contributed by atoms with Crippen LogP contribution in [0.1, 0.15) is 24.8 Å². The van der Waals surface area contributed by atoms with Crippen molar-refractivity contribution in [2.24, 2.45) is 5.92 Å². The van der Waals surface area contributed by atoms with Crippen LogP contribution in [-0.2, 0) is 6.42 Å². The van der Waals surface area contributed by atoms with Gasteiger partial charge in [-0.2, -0.15) is 0 Å². The molecule has 0 bridgehead atoms. The molecule has 2 heterocycles. The quantitative estimate of drug-likeness (QED) is 0.763. The molecule has 5 heteroatoms. The smallest absolute Gasteiger partial charge is 0.203 e. The van der Waals surface area contributed by atoms with E-state index in [1.54, 1.807) is 4.90 Å². The SMILES string of the molecule is CC1CC[NH+](CCc2nnc(N)s2)CC1. The number of hydrogen-bond acceptors (Lipinski definition) is 4. The van der Waals surface area contributed by atoms with Gasteiger partial charge in [0.15, 0.2) is 0 Å². The average Bonchev–Trinajstić information content (AvgIpc) is 2.64. The van der Waals surface area contributed by atoms with Gasteiger partial charge in [-0.1, -0.05) is 18.3 Å². The molecule has 0 amide bonds. The first kappa shape index (κ1) is 10.8. The minimum atomic E-state index is 0.590. The molecule has 1 aromatic heterocycles. The number of nitrogens with zero attached hydrogens (tertiary/aromatic N) is 2. The summed E-state index contributed by atoms with van der Waals surface area (Å²) in [4.78, 5) is 1.71. The van der Waals surface area contributed by atoms with Crippen LogP contribution in [0.5, 0.6) is 0 Å². The topological polar surface area (TPSA) is 56.2 Å². The Bertz CT molecular complexity index is 304. The minimum absolute atomic E-state index is 0.590. The maximum absolute atomic E-state index is 5.54. The molecule has 1 aliphatic heterocycles. The third-order valence-electron chi connectivity index (χ3n) is 3.16. The van der Waals surface area contributed by atoms with Gasteiger partial charge in [-0.25, -0.2) is 0 Å². The summed E-state index contributed by atoms with van der Waals surface area (Å²) in [5.41, 5.74) is 5.54. The minimum Gasteiger partial charge on any atom is -0.374 e. The molecule has 0 unspecified atom stereocenters. The molecule has 1 aromatic rings. The lowest BCUT2D eigenvalue weighted by Crippen LogP contribution is -3.13. The Hall–Kier alpha value is -0.680. The summed E-state index contributed by atoms with van der Waals surface area (Å²) < 4.78 is 0. The molecule has 1 fully saturated rings. The van der Waals surface area contributed by atoms with Crippen molar-refractivity contribution in [1.29, 1.82) is 0 Å². The van der Waals surface area contributed by atoms with Crippen molar-refractivity contribution in [2.45, 2.75) is 26.2 Å². The van der Waals surface area contributed by atoms with Gasteiger partial charge in [0.1, 0.15) is 5.01 Å². The van der Waals surface area contributed by atoms with Gasteiger partial charge in [-0.3, -0.25) is 0 Å². The molecular weight excluding hydrogens is 208 g/mol. The monoisotopic (exact) mass is 227 g/mol. The second-order valence-corrected chi connectivity index (χ2v) is 5.56. The van der Waals surface area contributed by atoms with Crippen molar-refractivity contribution in [3.63, 3.8) is 0 Å². The third-order valence-corrected chi connectivity index (χ3v) is 3.97. The van der Waals surface area contributed by atoms with Crippen LogP contribution < -0.4 is 10.6 Å². The molecule has 0 radical (unpaired) electrons. The Morgan fingerprint density at radius 3 is 2.73 bits per heavy atom. The van der Waals surface area contributed by atoms with Crippen LogP contribution in [0.25, 0.3) is 0 Å². The summed E-state index contributed by atoms with van der Waals surface area (Å²) in [5, 5.41) is 9.55. The van der Waals surface area contributed by atoms with Crippen LogP contribution >= 0.6 is 11.3 Å². The largest absolute Gasteiger partial charge is 0.374 e. The molecule has 1 aliphatic rings. The first-order valence-electron chi connectivity index (χ1n) is 5.65. The number of nitrogen functional groups attached to an aromatic ring is 1. The standard InChI is InChI=1S/C10H18N4S/c1-8-2-5-14(6-3-8)7-4-9-12-13-10(11)15-9/h8H,2-7H2,1H3,(H2,11,13)/p+1. The molecule has 3 N–H and O–H groups in total. The third kappa shape index (κ3) is 3.14. The highest BCUT2D eigenvalue weighted by atomic mass is 32.1. The zero-order chi connectivity index (χ0) is 10.7. The Morgan fingerprint density at radius 2 is 2.13 bits per heavy atom. The average molecular weight is 227 g/mol. The van der Waals surface area contributed by atoms with Gasteiger partial charge in [0.25, 0.3) is 0 Å². The van der Waals surface area contributed by atoms with Crippen LogP contribution in [0.3, 0.4) is 0 Å². The van der Waals surface area contributed by atoms with Crippen LogP contribution in [0, 0.1) is 5.92 Å². The maximum Gasteiger partial charge on any atom is 0.203 e. The van der Waals surface area contributed by atoms with Crippen LogP contribution in [0.2, 0.25) is 0 Å². The fourth-order valence-corrected chi connectivity index (χ4v) is 2.68. The Balaban J connectivity index is 1.74. The van der Waals surface area contributed by atoms with Gasteiger partial charge >= 0.3 is 0 Å². The number of aromatic nitrogens is 2. The number of rotatable bonds is 3. The molecular formula is C10H19N4S+. The Morgan fingerprint density at radius 1 is 1.40 bits per heavy atom. The van der Waals surface area contributed by atoms with E-state index in [4.69, 9.17) is 5.73 Å². The normalized spacial score (nSPS) is 26.7. The number of anilines is 1. The molecule has 0 aromatic carbocycles. The maximum atomic E-state index is 5.54. The van der Waals surface area contributed by atoms with E-state index in [1.165, 1.54) is 43.8 Å². The highest BCUT2D eigenvalue weighted by molar-refractivity contribution is 7.15. The van der Waals surface area contributed by atoms with Crippen molar-refractivity contribution in [1.82, 2.24) is 10.2 Å². The van der Waals surface area contributed by atoms with Gasteiger partial charge < -0.3 is 10.6 Å². The van der Waals surface area contributed by atoms with E-state index in [9.17, 15) is 0 Å². The van der Waals surface area contributed by atoms with Gasteiger partial charge in [0, 0.05) is 0 Å². The highest BCUT2D eigenvalue weighted by Gasteiger charge is 2.18. The van der Waals surface area contributed by atoms with Gasteiger partial charge in [-0.05, 0) is 18.8 Å². The van der Waals surface area contributed by atoms with E-state index >= 15 is 0 Å². The van der Waals surface area contributed by atoms with Crippen LogP contribution in [0.4, 0.5) is 5.13 Å². The molecule has 0 saturated carbocycles. The highest BCUT2D eigenvalue weighted by Crippen LogP contribution is 2.11. The second-order valence-electron chi connectivity index (χ2n) is 4.47. The number of nitrogens with two attached hydrogens (primary N) is 1. The molecule has 0 aliphatic carbocycles. The summed E-state index contributed by atoms with van der Waals surface area (Å²) in [6, 6.07) is 0. The van der Waals surface area contributed by atoms with E-state index in [0.29, 0.717) is 5.13 Å². The molecule has 0 atom stereocenters. The Labute approximate surface area is 94.5 Å². The zero-order valence-electron chi connectivity index (χ0n) is 9.20. The molecule has 4 nitrogen and oxygen atoms in total. The van der Waals surface area contributed by atoms with Crippen LogP contribution in [-0.4, -0.2) is 29.8 Å². The first-order valence-corrected chi connectivity index (χ1v) is 6.47. The molecule has 1 saturated heterocycles. The van der Waals surface area contributed by atoms with E-state index < -0.39 is 0 Å². The molecule has 15 heavy (non-hydrogen) atoms. The first-order chi connectivity index (χ1) is 7.24. The number of nitrogens with one attached hydrogen (secondary N) is 1. The van der Waals surface area contributed by atoms with E-state index in [0.717, 1.165) is 17.3 Å². The molecule has 2 rings (SSSR count). The lowest BCUT2D eigenvalue weighted by molar-refractivity contribution is -0.905. The number of likely N-dealkylation sites (tertiary alicyclic amines) is 1. The fraction of sp³-hybridized carbons (Fsp3) is 0.800. The Kier molecular flexibility index (Phi) is 3.53.